The number of benzene rings is 1. The Labute approximate surface area is 101 Å². The lowest BCUT2D eigenvalue weighted by Gasteiger charge is -2.09. The van der Waals surface area contributed by atoms with E-state index in [-0.39, 0.29) is 6.61 Å². The van der Waals surface area contributed by atoms with E-state index in [1.165, 1.54) is 5.56 Å². The summed E-state index contributed by atoms with van der Waals surface area (Å²) in [6, 6.07) is 9.68. The predicted octanol–water partition coefficient (Wildman–Crippen LogP) is 2.93. The van der Waals surface area contributed by atoms with Gasteiger partial charge in [0.25, 0.3) is 0 Å². The molecule has 0 saturated heterocycles. The van der Waals surface area contributed by atoms with Crippen molar-refractivity contribution in [3.8, 4) is 11.5 Å². The normalized spacial score (nSPS) is 10.2. The molecule has 0 spiro atoms. The van der Waals surface area contributed by atoms with Gasteiger partial charge in [0.1, 0.15) is 11.5 Å². The van der Waals surface area contributed by atoms with Crippen molar-refractivity contribution in [2.75, 3.05) is 0 Å². The Hall–Kier alpha value is -1.87. The van der Waals surface area contributed by atoms with Gasteiger partial charge in [-0.05, 0) is 30.2 Å². The number of hydrogen-bond acceptors (Lipinski definition) is 3. The van der Waals surface area contributed by atoms with Crippen LogP contribution in [0, 0.1) is 0 Å². The first kappa shape index (κ1) is 11.6. The topological polar surface area (TPSA) is 42.4 Å². The molecule has 2 rings (SSSR count). The molecule has 0 amide bonds. The van der Waals surface area contributed by atoms with E-state index in [1.54, 1.807) is 18.5 Å². The Morgan fingerprint density at radius 1 is 1.18 bits per heavy atom. The van der Waals surface area contributed by atoms with Crippen LogP contribution in [0.5, 0.6) is 11.5 Å². The Balaban J connectivity index is 2.19. The summed E-state index contributed by atoms with van der Waals surface area (Å²) in [5.74, 6) is 1.41. The lowest BCUT2D eigenvalue weighted by molar-refractivity contribution is 0.276. The highest BCUT2D eigenvalue weighted by molar-refractivity contribution is 5.36. The number of aromatic nitrogens is 1. The van der Waals surface area contributed by atoms with E-state index in [2.05, 4.69) is 11.9 Å². The monoisotopic (exact) mass is 229 g/mol. The van der Waals surface area contributed by atoms with Gasteiger partial charge in [-0.2, -0.15) is 0 Å². The van der Waals surface area contributed by atoms with Crippen LogP contribution in [0.1, 0.15) is 18.1 Å². The number of aliphatic hydroxyl groups excluding tert-OH is 1. The van der Waals surface area contributed by atoms with E-state index in [0.29, 0.717) is 11.3 Å². The summed E-state index contributed by atoms with van der Waals surface area (Å²) >= 11 is 0. The van der Waals surface area contributed by atoms with Crippen LogP contribution < -0.4 is 4.74 Å². The Kier molecular flexibility index (Phi) is 3.73. The third-order valence-corrected chi connectivity index (χ3v) is 2.59. The molecule has 0 saturated carbocycles. The molecule has 0 fully saturated rings. The molecule has 2 aromatic rings. The molecule has 0 aliphatic rings. The van der Waals surface area contributed by atoms with Gasteiger partial charge >= 0.3 is 0 Å². The van der Waals surface area contributed by atoms with E-state index >= 15 is 0 Å². The predicted molar refractivity (Wildman–Crippen MR) is 66.1 cm³/mol. The molecule has 0 bridgehead atoms. The van der Waals surface area contributed by atoms with Crippen molar-refractivity contribution in [3.05, 3.63) is 53.9 Å². The molecule has 1 aromatic heterocycles. The molecule has 17 heavy (non-hydrogen) atoms. The average molecular weight is 229 g/mol. The molecule has 0 aliphatic carbocycles. The molecule has 88 valence electrons. The van der Waals surface area contributed by atoms with Crippen LogP contribution in [0.15, 0.2) is 42.7 Å². The zero-order valence-corrected chi connectivity index (χ0v) is 9.76. The van der Waals surface area contributed by atoms with Crippen molar-refractivity contribution < 1.29 is 9.84 Å². The fourth-order valence-corrected chi connectivity index (χ4v) is 1.55. The van der Waals surface area contributed by atoms with E-state index in [9.17, 15) is 0 Å². The molecular weight excluding hydrogens is 214 g/mol. The van der Waals surface area contributed by atoms with E-state index in [0.717, 1.165) is 12.2 Å². The van der Waals surface area contributed by atoms with Gasteiger partial charge in [0.15, 0.2) is 0 Å². The first-order chi connectivity index (χ1) is 8.33. The minimum absolute atomic E-state index is 0.0732. The summed E-state index contributed by atoms with van der Waals surface area (Å²) in [4.78, 5) is 3.95. The number of aryl methyl sites for hydroxylation is 1. The third kappa shape index (κ3) is 2.82. The van der Waals surface area contributed by atoms with Gasteiger partial charge in [0.05, 0.1) is 6.61 Å². The summed E-state index contributed by atoms with van der Waals surface area (Å²) < 4.78 is 5.70. The number of rotatable bonds is 4. The molecule has 0 radical (unpaired) electrons. The Morgan fingerprint density at radius 3 is 2.59 bits per heavy atom. The highest BCUT2D eigenvalue weighted by atomic mass is 16.5. The SMILES string of the molecule is CCc1ccc(Oc2ccncc2CO)cc1. The first-order valence-electron chi connectivity index (χ1n) is 5.64. The maximum atomic E-state index is 9.16. The Bertz CT molecular complexity index is 480. The Morgan fingerprint density at radius 2 is 1.94 bits per heavy atom. The van der Waals surface area contributed by atoms with E-state index in [4.69, 9.17) is 9.84 Å². The summed E-state index contributed by atoms with van der Waals surface area (Å²) in [6.45, 7) is 2.04. The minimum atomic E-state index is -0.0732. The molecule has 0 aliphatic heterocycles. The van der Waals surface area contributed by atoms with Crippen LogP contribution in [0.2, 0.25) is 0 Å². The molecule has 3 heteroatoms. The summed E-state index contributed by atoms with van der Waals surface area (Å²) in [7, 11) is 0. The van der Waals surface area contributed by atoms with Gasteiger partial charge in [-0.3, -0.25) is 4.98 Å². The van der Waals surface area contributed by atoms with E-state index < -0.39 is 0 Å². The first-order valence-corrected chi connectivity index (χ1v) is 5.64. The zero-order valence-electron chi connectivity index (χ0n) is 9.76. The van der Waals surface area contributed by atoms with Crippen LogP contribution in [0.4, 0.5) is 0 Å². The molecule has 0 unspecified atom stereocenters. The zero-order chi connectivity index (χ0) is 12.1. The van der Waals surface area contributed by atoms with E-state index in [1.807, 2.05) is 24.3 Å². The number of nitrogens with zero attached hydrogens (tertiary/aromatic N) is 1. The van der Waals surface area contributed by atoms with Crippen molar-refractivity contribution in [3.63, 3.8) is 0 Å². The van der Waals surface area contributed by atoms with Gasteiger partial charge in [-0.15, -0.1) is 0 Å². The van der Waals surface area contributed by atoms with Crippen molar-refractivity contribution in [1.29, 1.82) is 0 Å². The number of aliphatic hydroxyl groups is 1. The van der Waals surface area contributed by atoms with Crippen molar-refractivity contribution in [2.45, 2.75) is 20.0 Å². The van der Waals surface area contributed by atoms with Crippen molar-refractivity contribution in [1.82, 2.24) is 4.98 Å². The highest BCUT2D eigenvalue weighted by Crippen LogP contribution is 2.24. The highest BCUT2D eigenvalue weighted by Gasteiger charge is 2.03. The van der Waals surface area contributed by atoms with Crippen molar-refractivity contribution in [2.24, 2.45) is 0 Å². The van der Waals surface area contributed by atoms with Gasteiger partial charge in [-0.1, -0.05) is 19.1 Å². The second kappa shape index (κ2) is 5.46. The molecule has 1 heterocycles. The fourth-order valence-electron chi connectivity index (χ4n) is 1.55. The van der Waals surface area contributed by atoms with Gasteiger partial charge < -0.3 is 9.84 Å². The smallest absolute Gasteiger partial charge is 0.136 e. The summed E-state index contributed by atoms with van der Waals surface area (Å²) in [5.41, 5.74) is 1.96. The van der Waals surface area contributed by atoms with Gasteiger partial charge in [0, 0.05) is 18.0 Å². The molecule has 0 atom stereocenters. The van der Waals surface area contributed by atoms with Crippen LogP contribution in [-0.2, 0) is 13.0 Å². The minimum Gasteiger partial charge on any atom is -0.457 e. The molecule has 1 aromatic carbocycles. The maximum absolute atomic E-state index is 9.16. The summed E-state index contributed by atoms with van der Waals surface area (Å²) in [6.07, 6.45) is 4.27. The number of hydrogen-bond donors (Lipinski definition) is 1. The average Bonchev–Trinajstić information content (AvgIpc) is 2.40. The molecule has 3 nitrogen and oxygen atoms in total. The maximum Gasteiger partial charge on any atom is 0.136 e. The van der Waals surface area contributed by atoms with Crippen molar-refractivity contribution >= 4 is 0 Å². The fraction of sp³-hybridized carbons (Fsp3) is 0.214. The largest absolute Gasteiger partial charge is 0.457 e. The second-order valence-electron chi connectivity index (χ2n) is 3.74. The standard InChI is InChI=1S/C14H15NO2/c1-2-11-3-5-13(6-4-11)17-14-7-8-15-9-12(14)10-16/h3-9,16H,2,10H2,1H3. The van der Waals surface area contributed by atoms with Crippen LogP contribution >= 0.6 is 0 Å². The van der Waals surface area contributed by atoms with Gasteiger partial charge in [0.2, 0.25) is 0 Å². The van der Waals surface area contributed by atoms with Crippen LogP contribution in [-0.4, -0.2) is 10.1 Å². The van der Waals surface area contributed by atoms with Crippen LogP contribution in [0.25, 0.3) is 0 Å². The second-order valence-corrected chi connectivity index (χ2v) is 3.74. The lowest BCUT2D eigenvalue weighted by Crippen LogP contribution is -1.92. The lowest BCUT2D eigenvalue weighted by atomic mass is 10.2. The quantitative estimate of drug-likeness (QED) is 0.876. The number of ether oxygens (including phenoxy) is 1. The van der Waals surface area contributed by atoms with Gasteiger partial charge in [-0.25, -0.2) is 0 Å². The third-order valence-electron chi connectivity index (χ3n) is 2.59. The molecular formula is C14H15NO2. The van der Waals surface area contributed by atoms with Crippen LogP contribution in [0.3, 0.4) is 0 Å². The number of pyridine rings is 1. The molecule has 1 N–H and O–H groups in total. The summed E-state index contributed by atoms with van der Waals surface area (Å²) in [5, 5.41) is 9.16.